The summed E-state index contributed by atoms with van der Waals surface area (Å²) < 4.78 is 11.6. The van der Waals surface area contributed by atoms with E-state index >= 15 is 0 Å². The van der Waals surface area contributed by atoms with Crippen molar-refractivity contribution in [3.05, 3.63) is 39.1 Å². The Morgan fingerprint density at radius 1 is 1.18 bits per heavy atom. The molecule has 0 atom stereocenters. The van der Waals surface area contributed by atoms with Crippen LogP contribution in [0.3, 0.4) is 0 Å². The number of aromatic nitrogens is 1. The van der Waals surface area contributed by atoms with Crippen molar-refractivity contribution in [1.82, 2.24) is 4.98 Å². The molecule has 6 nitrogen and oxygen atoms in total. The number of benzene rings is 1. The van der Waals surface area contributed by atoms with Gasteiger partial charge < -0.3 is 9.47 Å². The summed E-state index contributed by atoms with van der Waals surface area (Å²) in [6, 6.07) is 7.63. The van der Waals surface area contributed by atoms with Gasteiger partial charge in [-0.1, -0.05) is 19.8 Å². The van der Waals surface area contributed by atoms with E-state index in [-0.39, 0.29) is 25.2 Å². The molecular formula is C21H23IN2O4. The molecule has 0 amide bonds. The predicted octanol–water partition coefficient (Wildman–Crippen LogP) is 4.27. The van der Waals surface area contributed by atoms with Crippen molar-refractivity contribution >= 4 is 45.4 Å². The third kappa shape index (κ3) is 4.12. The molecule has 0 spiro atoms. The predicted molar refractivity (Wildman–Crippen MR) is 114 cm³/mol. The van der Waals surface area contributed by atoms with Crippen LogP contribution < -0.4 is 0 Å². The normalized spacial score (nSPS) is 11.1. The van der Waals surface area contributed by atoms with Crippen LogP contribution in [0.2, 0.25) is 0 Å². The van der Waals surface area contributed by atoms with Gasteiger partial charge >= 0.3 is 11.9 Å². The maximum Gasteiger partial charge on any atom is 0.328 e. The molecule has 1 heterocycles. The molecule has 0 aliphatic rings. The number of hydrogen-bond acceptors (Lipinski definition) is 6. The van der Waals surface area contributed by atoms with Crippen LogP contribution in [0.25, 0.3) is 10.9 Å². The highest BCUT2D eigenvalue weighted by atomic mass is 127. The third-order valence-electron chi connectivity index (χ3n) is 4.53. The van der Waals surface area contributed by atoms with Gasteiger partial charge in [0, 0.05) is 20.7 Å². The number of nitriles is 1. The Kier molecular flexibility index (Phi) is 7.75. The molecule has 2 rings (SSSR count). The lowest BCUT2D eigenvalue weighted by Crippen LogP contribution is -2.47. The molecule has 2 aromatic rings. The first-order valence-corrected chi connectivity index (χ1v) is 10.4. The average Bonchev–Trinajstić information content (AvgIpc) is 2.68. The Morgan fingerprint density at radius 3 is 2.36 bits per heavy atom. The zero-order valence-corrected chi connectivity index (χ0v) is 18.4. The number of halogens is 1. The van der Waals surface area contributed by atoms with Crippen molar-refractivity contribution in [2.75, 3.05) is 13.2 Å². The Balaban J connectivity index is 2.96. The fourth-order valence-corrected chi connectivity index (χ4v) is 3.77. The number of fused-ring (bicyclic) bond motifs is 1. The molecule has 0 aliphatic carbocycles. The summed E-state index contributed by atoms with van der Waals surface area (Å²) in [5, 5.41) is 10.3. The van der Waals surface area contributed by atoms with Crippen LogP contribution in [0.4, 0.5) is 0 Å². The summed E-state index contributed by atoms with van der Waals surface area (Å²) in [6.07, 6.45) is 2.96. The van der Waals surface area contributed by atoms with Gasteiger partial charge in [0.1, 0.15) is 6.07 Å². The lowest BCUT2D eigenvalue weighted by atomic mass is 9.73. The SMILES string of the molecule is CCCCC(C(=O)OCC)(C(=O)OCC)c1c(C#N)cnc2ccc(I)cc12. The van der Waals surface area contributed by atoms with E-state index in [0.717, 1.165) is 9.99 Å². The van der Waals surface area contributed by atoms with Crippen LogP contribution >= 0.6 is 22.6 Å². The van der Waals surface area contributed by atoms with Crippen LogP contribution in [-0.2, 0) is 24.5 Å². The summed E-state index contributed by atoms with van der Waals surface area (Å²) in [5.74, 6) is -1.38. The second-order valence-electron chi connectivity index (χ2n) is 6.27. The molecule has 0 saturated heterocycles. The smallest absolute Gasteiger partial charge is 0.328 e. The van der Waals surface area contributed by atoms with Crippen molar-refractivity contribution in [3.63, 3.8) is 0 Å². The van der Waals surface area contributed by atoms with Crippen LogP contribution in [0.5, 0.6) is 0 Å². The molecule has 0 bridgehead atoms. The van der Waals surface area contributed by atoms with Crippen LogP contribution in [0.15, 0.2) is 24.4 Å². The molecule has 0 aliphatic heterocycles. The minimum absolute atomic E-state index is 0.120. The minimum Gasteiger partial charge on any atom is -0.465 e. The number of carbonyl (C=O) groups is 2. The molecule has 0 saturated carbocycles. The number of esters is 2. The quantitative estimate of drug-likeness (QED) is 0.310. The van der Waals surface area contributed by atoms with Gasteiger partial charge in [0.25, 0.3) is 0 Å². The van der Waals surface area contributed by atoms with Crippen molar-refractivity contribution in [3.8, 4) is 6.07 Å². The Morgan fingerprint density at radius 2 is 1.82 bits per heavy atom. The Labute approximate surface area is 178 Å². The lowest BCUT2D eigenvalue weighted by molar-refractivity contribution is -0.165. The average molecular weight is 494 g/mol. The van der Waals surface area contributed by atoms with Crippen molar-refractivity contribution < 1.29 is 19.1 Å². The van der Waals surface area contributed by atoms with Gasteiger partial charge in [-0.3, -0.25) is 14.6 Å². The number of ether oxygens (including phenoxy) is 2. The third-order valence-corrected chi connectivity index (χ3v) is 5.20. The maximum absolute atomic E-state index is 13.2. The van der Waals surface area contributed by atoms with E-state index in [2.05, 4.69) is 33.6 Å². The highest BCUT2D eigenvalue weighted by molar-refractivity contribution is 14.1. The standard InChI is InChI=1S/C21H23IN2O4/c1-4-7-10-21(19(25)27-5-2,20(26)28-6-3)18-14(12-23)13-24-17-9-8-15(22)11-16(17)18/h8-9,11,13H,4-7,10H2,1-3H3. The van der Waals surface area contributed by atoms with E-state index in [1.807, 2.05) is 25.1 Å². The zero-order chi connectivity index (χ0) is 20.7. The van der Waals surface area contributed by atoms with Gasteiger partial charge in [-0.15, -0.1) is 0 Å². The molecule has 7 heteroatoms. The van der Waals surface area contributed by atoms with Gasteiger partial charge in [0.15, 0.2) is 5.41 Å². The van der Waals surface area contributed by atoms with Crippen molar-refractivity contribution in [1.29, 1.82) is 5.26 Å². The van der Waals surface area contributed by atoms with Gasteiger partial charge in [-0.2, -0.15) is 5.26 Å². The largest absolute Gasteiger partial charge is 0.465 e. The molecular weight excluding hydrogens is 471 g/mol. The Hall–Kier alpha value is -2.21. The number of pyridine rings is 1. The van der Waals surface area contributed by atoms with Crippen LogP contribution in [-0.4, -0.2) is 30.1 Å². The number of nitrogens with zero attached hydrogens (tertiary/aromatic N) is 2. The second-order valence-corrected chi connectivity index (χ2v) is 7.52. The fourth-order valence-electron chi connectivity index (χ4n) is 3.28. The Bertz CT molecular complexity index is 902. The van der Waals surface area contributed by atoms with E-state index in [9.17, 15) is 14.9 Å². The van der Waals surface area contributed by atoms with Crippen molar-refractivity contribution in [2.45, 2.75) is 45.4 Å². The second kappa shape index (κ2) is 9.82. The molecule has 148 valence electrons. The van der Waals surface area contributed by atoms with Crippen LogP contribution in [0, 0.1) is 14.9 Å². The summed E-state index contributed by atoms with van der Waals surface area (Å²) in [4.78, 5) is 30.8. The van der Waals surface area contributed by atoms with Crippen LogP contribution in [0.1, 0.15) is 51.2 Å². The minimum atomic E-state index is -1.71. The molecule has 0 N–H and O–H groups in total. The fraction of sp³-hybridized carbons (Fsp3) is 0.429. The summed E-state index contributed by atoms with van der Waals surface area (Å²) in [7, 11) is 0. The number of carbonyl (C=O) groups excluding carboxylic acids is 2. The molecule has 0 fully saturated rings. The number of rotatable bonds is 8. The monoisotopic (exact) mass is 494 g/mol. The highest BCUT2D eigenvalue weighted by Crippen LogP contribution is 2.40. The lowest BCUT2D eigenvalue weighted by Gasteiger charge is -2.31. The zero-order valence-electron chi connectivity index (χ0n) is 16.3. The highest BCUT2D eigenvalue weighted by Gasteiger charge is 2.52. The first kappa shape index (κ1) is 22.1. The first-order chi connectivity index (χ1) is 13.5. The molecule has 28 heavy (non-hydrogen) atoms. The summed E-state index contributed by atoms with van der Waals surface area (Å²) in [5.41, 5.74) is -0.613. The van der Waals surface area contributed by atoms with Gasteiger partial charge in [0.05, 0.1) is 24.3 Å². The van der Waals surface area contributed by atoms with E-state index in [1.54, 1.807) is 13.8 Å². The van der Waals surface area contributed by atoms with Gasteiger partial charge in [0.2, 0.25) is 0 Å². The van der Waals surface area contributed by atoms with E-state index < -0.39 is 17.4 Å². The molecule has 1 aromatic heterocycles. The van der Waals surface area contributed by atoms with Gasteiger partial charge in [-0.25, -0.2) is 0 Å². The first-order valence-electron chi connectivity index (χ1n) is 9.29. The molecule has 0 radical (unpaired) electrons. The van der Waals surface area contributed by atoms with E-state index in [0.29, 0.717) is 22.9 Å². The van der Waals surface area contributed by atoms with E-state index in [4.69, 9.17) is 9.47 Å². The molecule has 0 unspecified atom stereocenters. The summed E-state index contributed by atoms with van der Waals surface area (Å²) in [6.45, 7) is 5.59. The molecule has 1 aromatic carbocycles. The topological polar surface area (TPSA) is 89.3 Å². The number of hydrogen-bond donors (Lipinski definition) is 0. The number of unbranched alkanes of at least 4 members (excludes halogenated alkanes) is 1. The van der Waals surface area contributed by atoms with E-state index in [1.165, 1.54) is 6.20 Å². The van der Waals surface area contributed by atoms with Crippen molar-refractivity contribution in [2.24, 2.45) is 0 Å². The summed E-state index contributed by atoms with van der Waals surface area (Å²) >= 11 is 2.15. The maximum atomic E-state index is 13.2. The van der Waals surface area contributed by atoms with Gasteiger partial charge in [-0.05, 0) is 61.1 Å².